The van der Waals surface area contributed by atoms with E-state index in [4.69, 9.17) is 18.7 Å². The Morgan fingerprint density at radius 2 is 1.88 bits per heavy atom. The summed E-state index contributed by atoms with van der Waals surface area (Å²) in [4.78, 5) is 11.9. The molecule has 0 saturated carbocycles. The van der Waals surface area contributed by atoms with Crippen LogP contribution >= 0.6 is 0 Å². The SMILES string of the molecule is O=C(OCc1cc(-c2ccc3c(c2)OCO3)on1)c1ccc(F)cc1. The van der Waals surface area contributed by atoms with Crippen LogP contribution in [0, 0.1) is 5.82 Å². The average Bonchev–Trinajstić information content (AvgIpc) is 3.28. The minimum Gasteiger partial charge on any atom is -0.455 e. The van der Waals surface area contributed by atoms with Crippen molar-refractivity contribution in [2.45, 2.75) is 6.61 Å². The number of aromatic nitrogens is 1. The zero-order valence-corrected chi connectivity index (χ0v) is 12.9. The second-order valence-corrected chi connectivity index (χ2v) is 5.33. The molecule has 1 aliphatic heterocycles. The highest BCUT2D eigenvalue weighted by molar-refractivity contribution is 5.89. The van der Waals surface area contributed by atoms with Gasteiger partial charge < -0.3 is 18.7 Å². The number of hydrogen-bond acceptors (Lipinski definition) is 6. The van der Waals surface area contributed by atoms with Gasteiger partial charge in [0.15, 0.2) is 17.3 Å². The van der Waals surface area contributed by atoms with Crippen molar-refractivity contribution < 1.29 is 27.9 Å². The maximum absolute atomic E-state index is 12.9. The Labute approximate surface area is 141 Å². The lowest BCUT2D eigenvalue weighted by molar-refractivity contribution is 0.0464. The summed E-state index contributed by atoms with van der Waals surface area (Å²) in [6.07, 6.45) is 0. The van der Waals surface area contributed by atoms with Gasteiger partial charge in [-0.1, -0.05) is 5.16 Å². The second kappa shape index (κ2) is 6.27. The van der Waals surface area contributed by atoms with Gasteiger partial charge in [0.1, 0.15) is 18.1 Å². The molecule has 1 aliphatic rings. The van der Waals surface area contributed by atoms with Gasteiger partial charge in [-0.25, -0.2) is 9.18 Å². The third kappa shape index (κ3) is 3.16. The van der Waals surface area contributed by atoms with Crippen LogP contribution in [0.3, 0.4) is 0 Å². The van der Waals surface area contributed by atoms with Crippen molar-refractivity contribution in [3.63, 3.8) is 0 Å². The number of rotatable bonds is 4. The molecule has 0 saturated heterocycles. The fourth-order valence-corrected chi connectivity index (χ4v) is 2.37. The molecule has 25 heavy (non-hydrogen) atoms. The lowest BCUT2D eigenvalue weighted by Gasteiger charge is -2.02. The van der Waals surface area contributed by atoms with Crippen LogP contribution < -0.4 is 9.47 Å². The molecule has 0 radical (unpaired) electrons. The van der Waals surface area contributed by atoms with Crippen LogP contribution in [0.2, 0.25) is 0 Å². The third-order valence-electron chi connectivity index (χ3n) is 3.65. The van der Waals surface area contributed by atoms with Gasteiger partial charge in [-0.3, -0.25) is 0 Å². The summed E-state index contributed by atoms with van der Waals surface area (Å²) < 4.78 is 33.9. The Bertz CT molecular complexity index is 919. The van der Waals surface area contributed by atoms with E-state index >= 15 is 0 Å². The average molecular weight is 341 g/mol. The molecular weight excluding hydrogens is 329 g/mol. The molecule has 4 rings (SSSR count). The van der Waals surface area contributed by atoms with Crippen molar-refractivity contribution in [2.24, 2.45) is 0 Å². The lowest BCUT2D eigenvalue weighted by Crippen LogP contribution is -2.05. The Morgan fingerprint density at radius 3 is 2.72 bits per heavy atom. The van der Waals surface area contributed by atoms with Crippen molar-refractivity contribution in [3.8, 4) is 22.8 Å². The summed E-state index contributed by atoms with van der Waals surface area (Å²) in [5.74, 6) is 0.857. The summed E-state index contributed by atoms with van der Waals surface area (Å²) >= 11 is 0. The topological polar surface area (TPSA) is 70.8 Å². The first-order valence-electron chi connectivity index (χ1n) is 7.47. The van der Waals surface area contributed by atoms with E-state index in [9.17, 15) is 9.18 Å². The number of benzene rings is 2. The quantitative estimate of drug-likeness (QED) is 0.676. The molecule has 0 unspecified atom stereocenters. The largest absolute Gasteiger partial charge is 0.455 e. The highest BCUT2D eigenvalue weighted by Crippen LogP contribution is 2.36. The van der Waals surface area contributed by atoms with Crippen molar-refractivity contribution in [3.05, 3.63) is 65.6 Å². The molecule has 6 nitrogen and oxygen atoms in total. The molecule has 0 bridgehead atoms. The van der Waals surface area contributed by atoms with Crippen LogP contribution in [0.4, 0.5) is 4.39 Å². The summed E-state index contributed by atoms with van der Waals surface area (Å²) in [6, 6.07) is 12.2. The smallest absolute Gasteiger partial charge is 0.338 e. The van der Waals surface area contributed by atoms with Gasteiger partial charge in [0.2, 0.25) is 6.79 Å². The maximum Gasteiger partial charge on any atom is 0.338 e. The number of esters is 1. The summed E-state index contributed by atoms with van der Waals surface area (Å²) in [6.45, 7) is 0.143. The Hall–Kier alpha value is -3.35. The zero-order valence-electron chi connectivity index (χ0n) is 12.9. The molecule has 7 heteroatoms. The van der Waals surface area contributed by atoms with Crippen molar-refractivity contribution >= 4 is 5.97 Å². The van der Waals surface area contributed by atoms with Gasteiger partial charge in [0, 0.05) is 11.6 Å². The molecule has 0 N–H and O–H groups in total. The third-order valence-corrected chi connectivity index (χ3v) is 3.65. The van der Waals surface area contributed by atoms with Crippen molar-refractivity contribution in [1.82, 2.24) is 5.16 Å². The fourth-order valence-electron chi connectivity index (χ4n) is 2.37. The fraction of sp³-hybridized carbons (Fsp3) is 0.111. The zero-order chi connectivity index (χ0) is 17.2. The first kappa shape index (κ1) is 15.2. The van der Waals surface area contributed by atoms with Crippen LogP contribution in [0.25, 0.3) is 11.3 Å². The second-order valence-electron chi connectivity index (χ2n) is 5.33. The normalized spacial score (nSPS) is 12.2. The standard InChI is InChI=1S/C18H12FNO5/c19-13-4-1-11(2-5-13)18(21)22-9-14-8-16(25-20-14)12-3-6-15-17(7-12)24-10-23-15/h1-8H,9-10H2. The summed E-state index contributed by atoms with van der Waals surface area (Å²) in [7, 11) is 0. The molecule has 126 valence electrons. The minimum atomic E-state index is -0.562. The van der Waals surface area contributed by atoms with E-state index in [0.29, 0.717) is 23.0 Å². The van der Waals surface area contributed by atoms with Crippen LogP contribution in [-0.2, 0) is 11.3 Å². The van der Waals surface area contributed by atoms with E-state index in [2.05, 4.69) is 5.16 Å². The lowest BCUT2D eigenvalue weighted by atomic mass is 10.1. The number of hydrogen-bond donors (Lipinski definition) is 0. The van der Waals surface area contributed by atoms with Gasteiger partial charge in [-0.2, -0.15) is 0 Å². The van der Waals surface area contributed by atoms with Gasteiger partial charge in [-0.05, 0) is 42.5 Å². The highest BCUT2D eigenvalue weighted by atomic mass is 19.1. The molecule has 2 aromatic carbocycles. The van der Waals surface area contributed by atoms with E-state index in [0.717, 1.165) is 5.56 Å². The number of carbonyl (C=O) groups is 1. The minimum absolute atomic E-state index is 0.0513. The highest BCUT2D eigenvalue weighted by Gasteiger charge is 2.16. The Morgan fingerprint density at radius 1 is 1.08 bits per heavy atom. The Kier molecular flexibility index (Phi) is 3.81. The molecule has 0 atom stereocenters. The van der Waals surface area contributed by atoms with Crippen LogP contribution in [0.1, 0.15) is 16.1 Å². The summed E-state index contributed by atoms with van der Waals surface area (Å²) in [5, 5.41) is 3.88. The van der Waals surface area contributed by atoms with Gasteiger partial charge in [0.25, 0.3) is 0 Å². The molecule has 1 aromatic heterocycles. The van der Waals surface area contributed by atoms with Crippen molar-refractivity contribution in [1.29, 1.82) is 0 Å². The van der Waals surface area contributed by atoms with E-state index in [-0.39, 0.29) is 19.0 Å². The monoisotopic (exact) mass is 341 g/mol. The van der Waals surface area contributed by atoms with Gasteiger partial charge in [0.05, 0.1) is 5.56 Å². The van der Waals surface area contributed by atoms with Gasteiger partial charge >= 0.3 is 5.97 Å². The maximum atomic E-state index is 12.9. The molecule has 3 aromatic rings. The van der Waals surface area contributed by atoms with Gasteiger partial charge in [-0.15, -0.1) is 0 Å². The summed E-state index contributed by atoms with van der Waals surface area (Å²) in [5.41, 5.74) is 1.50. The molecule has 0 amide bonds. The van der Waals surface area contributed by atoms with E-state index in [1.807, 2.05) is 6.07 Å². The van der Waals surface area contributed by atoms with E-state index in [1.165, 1.54) is 24.3 Å². The molecule has 0 aliphatic carbocycles. The van der Waals surface area contributed by atoms with Crippen LogP contribution in [0.5, 0.6) is 11.5 Å². The first-order chi connectivity index (χ1) is 12.2. The first-order valence-corrected chi connectivity index (χ1v) is 7.47. The van der Waals surface area contributed by atoms with E-state index in [1.54, 1.807) is 18.2 Å². The molecule has 0 spiro atoms. The van der Waals surface area contributed by atoms with E-state index < -0.39 is 11.8 Å². The van der Waals surface area contributed by atoms with Crippen molar-refractivity contribution in [2.75, 3.05) is 6.79 Å². The Balaban J connectivity index is 1.43. The number of nitrogens with zero attached hydrogens (tertiary/aromatic N) is 1. The predicted molar refractivity (Wildman–Crippen MR) is 83.6 cm³/mol. The van der Waals surface area contributed by atoms with Crippen LogP contribution in [0.15, 0.2) is 53.1 Å². The number of ether oxygens (including phenoxy) is 3. The predicted octanol–water partition coefficient (Wildman–Crippen LogP) is 3.57. The number of fused-ring (bicyclic) bond motifs is 1. The number of halogens is 1. The van der Waals surface area contributed by atoms with Crippen LogP contribution in [-0.4, -0.2) is 17.9 Å². The molecule has 2 heterocycles. The molecule has 0 fully saturated rings. The number of carbonyl (C=O) groups excluding carboxylic acids is 1. The molecular formula is C18H12FNO5.